The monoisotopic (exact) mass is 353 g/mol. The van der Waals surface area contributed by atoms with E-state index in [1.54, 1.807) is 36.2 Å². The standard InChI is InChI=1S/C20H23N3O3/c1-15-20(25)23(17-6-3-7-18(13-17)26-2)12-11-22(15)19(24)9-8-16-5-4-10-21-14-16/h3-7,10,13-15H,8-9,11-12H2,1-2H3/t15-/m0/s1. The van der Waals surface area contributed by atoms with Crippen molar-refractivity contribution in [2.45, 2.75) is 25.8 Å². The average Bonchev–Trinajstić information content (AvgIpc) is 2.69. The first-order valence-electron chi connectivity index (χ1n) is 8.74. The van der Waals surface area contributed by atoms with Crippen LogP contribution >= 0.6 is 0 Å². The molecule has 1 aliphatic heterocycles. The summed E-state index contributed by atoms with van der Waals surface area (Å²) in [5.41, 5.74) is 1.82. The lowest BCUT2D eigenvalue weighted by Gasteiger charge is -2.39. The van der Waals surface area contributed by atoms with Crippen LogP contribution < -0.4 is 9.64 Å². The van der Waals surface area contributed by atoms with E-state index in [0.29, 0.717) is 31.7 Å². The maximum Gasteiger partial charge on any atom is 0.249 e. The number of anilines is 1. The number of ether oxygens (including phenoxy) is 1. The van der Waals surface area contributed by atoms with Gasteiger partial charge >= 0.3 is 0 Å². The summed E-state index contributed by atoms with van der Waals surface area (Å²) >= 11 is 0. The molecule has 2 aromatic rings. The predicted octanol–water partition coefficient (Wildman–Crippen LogP) is 2.29. The summed E-state index contributed by atoms with van der Waals surface area (Å²) in [4.78, 5) is 32.8. The number of carbonyl (C=O) groups excluding carboxylic acids is 2. The van der Waals surface area contributed by atoms with Gasteiger partial charge in [-0.1, -0.05) is 12.1 Å². The molecule has 0 radical (unpaired) electrons. The fraction of sp³-hybridized carbons (Fsp3) is 0.350. The summed E-state index contributed by atoms with van der Waals surface area (Å²) in [5, 5.41) is 0. The minimum atomic E-state index is -0.476. The molecule has 136 valence electrons. The number of hydrogen-bond donors (Lipinski definition) is 0. The first-order chi connectivity index (χ1) is 12.6. The van der Waals surface area contributed by atoms with Gasteiger partial charge in [0.2, 0.25) is 11.8 Å². The molecule has 6 heteroatoms. The number of methoxy groups -OCH3 is 1. The number of carbonyl (C=O) groups is 2. The number of nitrogens with zero attached hydrogens (tertiary/aromatic N) is 3. The molecule has 0 spiro atoms. The first-order valence-corrected chi connectivity index (χ1v) is 8.74. The number of benzene rings is 1. The fourth-order valence-electron chi connectivity index (χ4n) is 3.19. The first kappa shape index (κ1) is 17.9. The van der Waals surface area contributed by atoms with Crippen molar-refractivity contribution in [1.29, 1.82) is 0 Å². The number of pyridine rings is 1. The second kappa shape index (κ2) is 7.99. The van der Waals surface area contributed by atoms with Gasteiger partial charge in [-0.15, -0.1) is 0 Å². The Morgan fingerprint density at radius 3 is 2.85 bits per heavy atom. The minimum Gasteiger partial charge on any atom is -0.497 e. The van der Waals surface area contributed by atoms with Crippen LogP contribution in [0.25, 0.3) is 0 Å². The Hall–Kier alpha value is -2.89. The maximum atomic E-state index is 12.8. The predicted molar refractivity (Wildman–Crippen MR) is 99.1 cm³/mol. The van der Waals surface area contributed by atoms with Crippen molar-refractivity contribution in [2.75, 3.05) is 25.1 Å². The van der Waals surface area contributed by atoms with Crippen molar-refractivity contribution >= 4 is 17.5 Å². The average molecular weight is 353 g/mol. The van der Waals surface area contributed by atoms with E-state index in [1.165, 1.54) is 0 Å². The van der Waals surface area contributed by atoms with Crippen LogP contribution in [0.15, 0.2) is 48.8 Å². The molecule has 1 saturated heterocycles. The van der Waals surface area contributed by atoms with Gasteiger partial charge in [-0.25, -0.2) is 0 Å². The van der Waals surface area contributed by atoms with Crippen LogP contribution in [0.5, 0.6) is 5.75 Å². The van der Waals surface area contributed by atoms with Gasteiger partial charge < -0.3 is 14.5 Å². The van der Waals surface area contributed by atoms with E-state index in [-0.39, 0.29) is 11.8 Å². The Labute approximate surface area is 153 Å². The zero-order valence-electron chi connectivity index (χ0n) is 15.1. The third kappa shape index (κ3) is 3.85. The van der Waals surface area contributed by atoms with Gasteiger partial charge in [-0.2, -0.15) is 0 Å². The summed E-state index contributed by atoms with van der Waals surface area (Å²) in [6.07, 6.45) is 4.48. The molecule has 1 aromatic heterocycles. The molecular formula is C20H23N3O3. The summed E-state index contributed by atoms with van der Waals surface area (Å²) in [7, 11) is 1.60. The van der Waals surface area contributed by atoms with E-state index in [1.807, 2.05) is 36.4 Å². The lowest BCUT2D eigenvalue weighted by atomic mass is 10.1. The molecule has 1 fully saturated rings. The number of aryl methyl sites for hydroxylation is 1. The van der Waals surface area contributed by atoms with Crippen LogP contribution in [0.2, 0.25) is 0 Å². The van der Waals surface area contributed by atoms with E-state index in [9.17, 15) is 9.59 Å². The number of rotatable bonds is 5. The van der Waals surface area contributed by atoms with Crippen LogP contribution in [0.3, 0.4) is 0 Å². The van der Waals surface area contributed by atoms with E-state index < -0.39 is 6.04 Å². The highest BCUT2D eigenvalue weighted by molar-refractivity contribution is 6.00. The van der Waals surface area contributed by atoms with E-state index in [4.69, 9.17) is 4.74 Å². The van der Waals surface area contributed by atoms with Crippen LogP contribution in [0.4, 0.5) is 5.69 Å². The molecule has 26 heavy (non-hydrogen) atoms. The normalized spacial score (nSPS) is 17.3. The van der Waals surface area contributed by atoms with Crippen molar-refractivity contribution in [3.8, 4) is 5.75 Å². The molecule has 0 saturated carbocycles. The molecule has 0 N–H and O–H groups in total. The molecule has 0 aliphatic carbocycles. The Morgan fingerprint density at radius 2 is 2.12 bits per heavy atom. The zero-order valence-corrected chi connectivity index (χ0v) is 15.1. The number of piperazine rings is 1. The van der Waals surface area contributed by atoms with E-state index in [0.717, 1.165) is 11.3 Å². The molecule has 3 rings (SSSR count). The van der Waals surface area contributed by atoms with Crippen molar-refractivity contribution in [3.63, 3.8) is 0 Å². The van der Waals surface area contributed by atoms with Crippen molar-refractivity contribution in [3.05, 3.63) is 54.4 Å². The molecular weight excluding hydrogens is 330 g/mol. The Morgan fingerprint density at radius 1 is 1.27 bits per heavy atom. The van der Waals surface area contributed by atoms with E-state index >= 15 is 0 Å². The molecule has 0 bridgehead atoms. The van der Waals surface area contributed by atoms with Gasteiger partial charge in [0.15, 0.2) is 0 Å². The smallest absolute Gasteiger partial charge is 0.249 e. The van der Waals surface area contributed by atoms with Gasteiger partial charge in [0.25, 0.3) is 0 Å². The summed E-state index contributed by atoms with van der Waals surface area (Å²) in [5.74, 6) is 0.636. The molecule has 1 aromatic carbocycles. The van der Waals surface area contributed by atoms with Crippen molar-refractivity contribution in [2.24, 2.45) is 0 Å². The Balaban J connectivity index is 1.64. The lowest BCUT2D eigenvalue weighted by molar-refractivity contribution is -0.140. The van der Waals surface area contributed by atoms with Crippen molar-refractivity contribution < 1.29 is 14.3 Å². The van der Waals surface area contributed by atoms with Gasteiger partial charge in [0.1, 0.15) is 11.8 Å². The molecule has 2 heterocycles. The molecule has 0 unspecified atom stereocenters. The minimum absolute atomic E-state index is 0.00000436. The summed E-state index contributed by atoms with van der Waals surface area (Å²) in [6, 6.07) is 10.8. The quantitative estimate of drug-likeness (QED) is 0.827. The maximum absolute atomic E-state index is 12.8. The molecule has 1 aliphatic rings. The largest absolute Gasteiger partial charge is 0.497 e. The SMILES string of the molecule is COc1cccc(N2CCN(C(=O)CCc3cccnc3)[C@@H](C)C2=O)c1. The van der Waals surface area contributed by atoms with Crippen LogP contribution in [-0.4, -0.2) is 47.9 Å². The van der Waals surface area contributed by atoms with Crippen molar-refractivity contribution in [1.82, 2.24) is 9.88 Å². The number of aromatic nitrogens is 1. The topological polar surface area (TPSA) is 62.7 Å². The zero-order chi connectivity index (χ0) is 18.5. The second-order valence-corrected chi connectivity index (χ2v) is 6.32. The number of amides is 2. The van der Waals surface area contributed by atoms with Gasteiger partial charge in [-0.05, 0) is 37.1 Å². The highest BCUT2D eigenvalue weighted by Gasteiger charge is 2.34. The molecule has 2 amide bonds. The van der Waals surface area contributed by atoms with E-state index in [2.05, 4.69) is 4.98 Å². The number of hydrogen-bond acceptors (Lipinski definition) is 4. The van der Waals surface area contributed by atoms with Gasteiger partial charge in [0, 0.05) is 43.7 Å². The third-order valence-electron chi connectivity index (χ3n) is 4.69. The second-order valence-electron chi connectivity index (χ2n) is 6.32. The fourth-order valence-corrected chi connectivity index (χ4v) is 3.19. The van der Waals surface area contributed by atoms with Gasteiger partial charge in [-0.3, -0.25) is 14.6 Å². The highest BCUT2D eigenvalue weighted by atomic mass is 16.5. The lowest BCUT2D eigenvalue weighted by Crippen LogP contribution is -2.57. The van der Waals surface area contributed by atoms with Gasteiger partial charge in [0.05, 0.1) is 7.11 Å². The Kier molecular flexibility index (Phi) is 5.51. The van der Waals surface area contributed by atoms with Crippen LogP contribution in [0.1, 0.15) is 18.9 Å². The summed E-state index contributed by atoms with van der Waals surface area (Å²) < 4.78 is 5.23. The Bertz CT molecular complexity index is 779. The highest BCUT2D eigenvalue weighted by Crippen LogP contribution is 2.25. The summed E-state index contributed by atoms with van der Waals surface area (Å²) in [6.45, 7) is 2.79. The van der Waals surface area contributed by atoms with Crippen LogP contribution in [-0.2, 0) is 16.0 Å². The van der Waals surface area contributed by atoms with Crippen LogP contribution in [0, 0.1) is 0 Å². The molecule has 6 nitrogen and oxygen atoms in total. The molecule has 1 atom stereocenters. The third-order valence-corrected chi connectivity index (χ3v) is 4.69.